The first-order valence-electron chi connectivity index (χ1n) is 8.56. The summed E-state index contributed by atoms with van der Waals surface area (Å²) < 4.78 is 27.0. The Morgan fingerprint density at radius 2 is 1.92 bits per heavy atom. The number of carbonyl (C=O) groups excluding carboxylic acids is 1. The van der Waals surface area contributed by atoms with Crippen LogP contribution in [0.4, 0.5) is 0 Å². The summed E-state index contributed by atoms with van der Waals surface area (Å²) in [5, 5.41) is 4.91. The van der Waals surface area contributed by atoms with Crippen molar-refractivity contribution >= 4 is 27.3 Å². The van der Waals surface area contributed by atoms with E-state index in [4.69, 9.17) is 0 Å². The number of hydrogen-bond acceptors (Lipinski definition) is 5. The fourth-order valence-corrected chi connectivity index (χ4v) is 5.99. The van der Waals surface area contributed by atoms with E-state index < -0.39 is 10.0 Å². The Labute approximate surface area is 147 Å². The van der Waals surface area contributed by atoms with Gasteiger partial charge in [0, 0.05) is 32.2 Å². The smallest absolute Gasteiger partial charge is 0.252 e. The molecule has 0 aromatic carbocycles. The minimum absolute atomic E-state index is 0.0662. The first-order valence-corrected chi connectivity index (χ1v) is 10.9. The minimum Gasteiger partial charge on any atom is -0.352 e. The lowest BCUT2D eigenvalue weighted by atomic mass is 10.2. The van der Waals surface area contributed by atoms with Gasteiger partial charge in [-0.2, -0.15) is 4.31 Å². The molecule has 134 valence electrons. The van der Waals surface area contributed by atoms with Crippen LogP contribution < -0.4 is 5.32 Å². The van der Waals surface area contributed by atoms with Crippen molar-refractivity contribution in [1.82, 2.24) is 14.5 Å². The highest BCUT2D eigenvalue weighted by Crippen LogP contribution is 2.23. The molecular formula is C16H25N3O3S2. The van der Waals surface area contributed by atoms with E-state index in [1.165, 1.54) is 28.5 Å². The first-order chi connectivity index (χ1) is 11.5. The van der Waals surface area contributed by atoms with Crippen molar-refractivity contribution in [2.45, 2.75) is 48.9 Å². The predicted molar refractivity (Wildman–Crippen MR) is 94.5 cm³/mol. The molecule has 1 saturated carbocycles. The lowest BCUT2D eigenvalue weighted by Crippen LogP contribution is -2.55. The Morgan fingerprint density at radius 3 is 2.50 bits per heavy atom. The van der Waals surface area contributed by atoms with Gasteiger partial charge in [-0.1, -0.05) is 18.9 Å². The van der Waals surface area contributed by atoms with E-state index in [1.54, 1.807) is 17.5 Å². The molecule has 0 bridgehead atoms. The lowest BCUT2D eigenvalue weighted by Gasteiger charge is -2.36. The van der Waals surface area contributed by atoms with Crippen molar-refractivity contribution in [3.8, 4) is 0 Å². The van der Waals surface area contributed by atoms with Crippen LogP contribution in [0.25, 0.3) is 0 Å². The summed E-state index contributed by atoms with van der Waals surface area (Å²) in [5.41, 5.74) is 0. The van der Waals surface area contributed by atoms with Crippen LogP contribution in [0.3, 0.4) is 0 Å². The summed E-state index contributed by atoms with van der Waals surface area (Å²) in [6.45, 7) is 3.95. The Kier molecular flexibility index (Phi) is 5.59. The molecular weight excluding hydrogens is 346 g/mol. The molecule has 1 N–H and O–H groups in total. The molecule has 0 radical (unpaired) electrons. The Morgan fingerprint density at radius 1 is 1.25 bits per heavy atom. The van der Waals surface area contributed by atoms with E-state index in [-0.39, 0.29) is 11.9 Å². The van der Waals surface area contributed by atoms with Gasteiger partial charge in [0.25, 0.3) is 10.0 Å². The zero-order chi connectivity index (χ0) is 17.2. The molecule has 3 rings (SSSR count). The van der Waals surface area contributed by atoms with E-state index in [0.717, 1.165) is 12.8 Å². The number of thiophene rings is 1. The number of piperazine rings is 1. The zero-order valence-electron chi connectivity index (χ0n) is 14.0. The Balaban J connectivity index is 1.53. The van der Waals surface area contributed by atoms with Crippen molar-refractivity contribution < 1.29 is 13.2 Å². The second-order valence-electron chi connectivity index (χ2n) is 6.54. The molecule has 1 aromatic rings. The summed E-state index contributed by atoms with van der Waals surface area (Å²) in [5.74, 6) is 0.0662. The fraction of sp³-hybridized carbons (Fsp3) is 0.688. The van der Waals surface area contributed by atoms with Crippen LogP contribution in [0.5, 0.6) is 0 Å². The van der Waals surface area contributed by atoms with E-state index in [2.05, 4.69) is 10.2 Å². The summed E-state index contributed by atoms with van der Waals surface area (Å²) in [6.07, 6.45) is 4.54. The van der Waals surface area contributed by atoms with E-state index in [9.17, 15) is 13.2 Å². The van der Waals surface area contributed by atoms with Gasteiger partial charge >= 0.3 is 0 Å². The molecule has 1 aromatic heterocycles. The average Bonchev–Trinajstić information content (AvgIpc) is 3.28. The monoisotopic (exact) mass is 371 g/mol. The molecule has 1 aliphatic carbocycles. The van der Waals surface area contributed by atoms with Crippen LogP contribution in [-0.4, -0.2) is 61.8 Å². The van der Waals surface area contributed by atoms with Gasteiger partial charge in [-0.3, -0.25) is 9.69 Å². The zero-order valence-corrected chi connectivity index (χ0v) is 15.6. The number of sulfonamides is 1. The molecule has 6 nitrogen and oxygen atoms in total. The first kappa shape index (κ1) is 17.8. The van der Waals surface area contributed by atoms with Crippen LogP contribution in [-0.2, 0) is 14.8 Å². The quantitative estimate of drug-likeness (QED) is 0.852. The van der Waals surface area contributed by atoms with Crippen molar-refractivity contribution in [2.75, 3.05) is 26.2 Å². The summed E-state index contributed by atoms with van der Waals surface area (Å²) in [4.78, 5) is 14.5. The van der Waals surface area contributed by atoms with Gasteiger partial charge in [-0.15, -0.1) is 11.3 Å². The van der Waals surface area contributed by atoms with Gasteiger partial charge in [0.15, 0.2) is 0 Å². The maximum atomic E-state index is 12.5. The van der Waals surface area contributed by atoms with Crippen LogP contribution in [0.2, 0.25) is 0 Å². The van der Waals surface area contributed by atoms with Gasteiger partial charge in [0.05, 0.1) is 6.04 Å². The SMILES string of the molecule is C[C@H](C(=O)NC1CCCC1)N1CCN(S(=O)(=O)c2cccs2)CC1. The topological polar surface area (TPSA) is 69.7 Å². The lowest BCUT2D eigenvalue weighted by molar-refractivity contribution is -0.127. The maximum absolute atomic E-state index is 12.5. The van der Waals surface area contributed by atoms with Crippen LogP contribution in [0, 0.1) is 0 Å². The number of carbonyl (C=O) groups is 1. The van der Waals surface area contributed by atoms with Crippen LogP contribution >= 0.6 is 11.3 Å². The van der Waals surface area contributed by atoms with Gasteiger partial charge in [0.1, 0.15) is 4.21 Å². The molecule has 0 unspecified atom stereocenters. The Hall–Kier alpha value is -0.960. The third-order valence-electron chi connectivity index (χ3n) is 4.99. The number of amides is 1. The van der Waals surface area contributed by atoms with Crippen molar-refractivity contribution in [2.24, 2.45) is 0 Å². The van der Waals surface area contributed by atoms with Gasteiger partial charge in [-0.05, 0) is 31.2 Å². The highest BCUT2D eigenvalue weighted by Gasteiger charge is 2.32. The minimum atomic E-state index is -3.38. The molecule has 2 fully saturated rings. The van der Waals surface area contributed by atoms with Gasteiger partial charge in [-0.25, -0.2) is 8.42 Å². The molecule has 2 aliphatic rings. The fourth-order valence-electron chi connectivity index (χ4n) is 3.43. The average molecular weight is 372 g/mol. The largest absolute Gasteiger partial charge is 0.352 e. The van der Waals surface area contributed by atoms with Gasteiger partial charge in [0.2, 0.25) is 5.91 Å². The summed E-state index contributed by atoms with van der Waals surface area (Å²) in [6, 6.07) is 3.51. The third-order valence-corrected chi connectivity index (χ3v) is 8.26. The molecule has 8 heteroatoms. The molecule has 1 atom stereocenters. The summed E-state index contributed by atoms with van der Waals surface area (Å²) >= 11 is 1.25. The molecule has 24 heavy (non-hydrogen) atoms. The number of nitrogens with one attached hydrogen (secondary N) is 1. The Bertz CT molecular complexity index is 646. The third kappa shape index (κ3) is 3.82. The standard InChI is InChI=1S/C16H25N3O3S2/c1-13(16(20)17-14-5-2-3-6-14)18-8-10-19(11-9-18)24(21,22)15-7-4-12-23-15/h4,7,12-14H,2-3,5-6,8-11H2,1H3,(H,17,20)/t13-/m1/s1. The normalized spacial score (nSPS) is 22.5. The van der Waals surface area contributed by atoms with Gasteiger partial charge < -0.3 is 5.32 Å². The molecule has 1 saturated heterocycles. The van der Waals surface area contributed by atoms with Crippen LogP contribution in [0.15, 0.2) is 21.7 Å². The summed E-state index contributed by atoms with van der Waals surface area (Å²) in [7, 11) is -3.38. The highest BCUT2D eigenvalue weighted by atomic mass is 32.2. The predicted octanol–water partition coefficient (Wildman–Crippen LogP) is 1.50. The van der Waals surface area contributed by atoms with E-state index in [0.29, 0.717) is 36.4 Å². The second-order valence-corrected chi connectivity index (χ2v) is 9.65. The molecule has 0 spiro atoms. The number of rotatable bonds is 5. The molecule has 2 heterocycles. The van der Waals surface area contributed by atoms with E-state index >= 15 is 0 Å². The number of nitrogens with zero attached hydrogens (tertiary/aromatic N) is 2. The van der Waals surface area contributed by atoms with E-state index in [1.807, 2.05) is 6.92 Å². The van der Waals surface area contributed by atoms with Crippen LogP contribution in [0.1, 0.15) is 32.6 Å². The van der Waals surface area contributed by atoms with Crippen molar-refractivity contribution in [1.29, 1.82) is 0 Å². The molecule has 1 amide bonds. The second kappa shape index (κ2) is 7.51. The number of hydrogen-bond donors (Lipinski definition) is 1. The molecule has 1 aliphatic heterocycles. The van der Waals surface area contributed by atoms with Crippen molar-refractivity contribution in [3.63, 3.8) is 0 Å². The highest BCUT2D eigenvalue weighted by molar-refractivity contribution is 7.91. The van der Waals surface area contributed by atoms with Crippen molar-refractivity contribution in [3.05, 3.63) is 17.5 Å². The maximum Gasteiger partial charge on any atom is 0.252 e.